The van der Waals surface area contributed by atoms with Gasteiger partial charge in [0.25, 0.3) is 0 Å². The molecule has 1 rings (SSSR count). The molecule has 16 heavy (non-hydrogen) atoms. The Labute approximate surface area is 95.3 Å². The monoisotopic (exact) mass is 220 g/mol. The molecule has 0 spiro atoms. The van der Waals surface area contributed by atoms with Crippen LogP contribution in [0.15, 0.2) is 29.4 Å². The number of amides is 1. The van der Waals surface area contributed by atoms with Crippen LogP contribution in [-0.2, 0) is 4.79 Å². The molecule has 0 saturated carbocycles. The van der Waals surface area contributed by atoms with Gasteiger partial charge in [-0.2, -0.15) is 5.10 Å². The number of rotatable bonds is 5. The highest BCUT2D eigenvalue weighted by Crippen LogP contribution is 2.16. The normalized spacial score (nSPS) is 11.4. The maximum absolute atomic E-state index is 10.2. The van der Waals surface area contributed by atoms with E-state index in [1.54, 1.807) is 7.11 Å². The average Bonchev–Trinajstić information content (AvgIpc) is 2.29. The first-order valence-corrected chi connectivity index (χ1v) is 5.10. The zero-order valence-electron chi connectivity index (χ0n) is 9.73. The van der Waals surface area contributed by atoms with E-state index in [1.807, 2.05) is 38.1 Å². The van der Waals surface area contributed by atoms with Gasteiger partial charge in [-0.05, 0) is 18.1 Å². The van der Waals surface area contributed by atoms with Crippen molar-refractivity contribution in [1.82, 2.24) is 5.43 Å². The Kier molecular flexibility index (Phi) is 4.51. The number of hydrazone groups is 1. The lowest BCUT2D eigenvalue weighted by molar-refractivity contribution is -0.109. The van der Waals surface area contributed by atoms with Gasteiger partial charge in [0.2, 0.25) is 6.41 Å². The summed E-state index contributed by atoms with van der Waals surface area (Å²) in [5, 5.41) is 4.03. The summed E-state index contributed by atoms with van der Waals surface area (Å²) >= 11 is 0. The summed E-state index contributed by atoms with van der Waals surface area (Å²) in [4.78, 5) is 10.2. The number of carbonyl (C=O) groups is 1. The minimum Gasteiger partial charge on any atom is -0.497 e. The van der Waals surface area contributed by atoms with Gasteiger partial charge in [-0.15, -0.1) is 0 Å². The molecule has 1 aromatic carbocycles. The fourth-order valence-electron chi connectivity index (χ4n) is 1.41. The molecule has 0 unspecified atom stereocenters. The predicted octanol–water partition coefficient (Wildman–Crippen LogP) is 1.80. The molecule has 1 aromatic rings. The van der Waals surface area contributed by atoms with Crippen LogP contribution >= 0.6 is 0 Å². The van der Waals surface area contributed by atoms with Crippen LogP contribution in [0.5, 0.6) is 5.75 Å². The third kappa shape index (κ3) is 3.08. The molecule has 0 radical (unpaired) electrons. The highest BCUT2D eigenvalue weighted by atomic mass is 16.5. The number of methoxy groups -OCH3 is 1. The summed E-state index contributed by atoms with van der Waals surface area (Å²) in [5.74, 6) is 0.997. The number of nitrogens with zero attached hydrogens (tertiary/aromatic N) is 1. The number of hydrogen-bond acceptors (Lipinski definition) is 3. The van der Waals surface area contributed by atoms with Gasteiger partial charge in [0, 0.05) is 5.56 Å². The minimum atomic E-state index is 0.222. The second-order valence-electron chi connectivity index (χ2n) is 3.63. The summed E-state index contributed by atoms with van der Waals surface area (Å²) < 4.78 is 5.14. The molecule has 0 bridgehead atoms. The van der Waals surface area contributed by atoms with Gasteiger partial charge >= 0.3 is 0 Å². The standard InChI is InChI=1S/C12H16N2O2/c1-9(2)12(14-13-8-15)10-5-4-6-11(7-10)16-3/h4-9H,1-3H3,(H,13,15)/b14-12+. The highest BCUT2D eigenvalue weighted by Gasteiger charge is 2.09. The topological polar surface area (TPSA) is 50.7 Å². The van der Waals surface area contributed by atoms with Gasteiger partial charge < -0.3 is 4.74 Å². The van der Waals surface area contributed by atoms with Crippen molar-refractivity contribution in [3.63, 3.8) is 0 Å². The largest absolute Gasteiger partial charge is 0.497 e. The van der Waals surface area contributed by atoms with E-state index in [4.69, 9.17) is 4.74 Å². The maximum Gasteiger partial charge on any atom is 0.227 e. The first-order valence-electron chi connectivity index (χ1n) is 5.10. The fourth-order valence-corrected chi connectivity index (χ4v) is 1.41. The lowest BCUT2D eigenvalue weighted by Crippen LogP contribution is -2.15. The Morgan fingerprint density at radius 1 is 1.50 bits per heavy atom. The van der Waals surface area contributed by atoms with Crippen molar-refractivity contribution in [2.24, 2.45) is 11.0 Å². The molecule has 86 valence electrons. The molecule has 0 aliphatic heterocycles. The zero-order chi connectivity index (χ0) is 12.0. The number of benzene rings is 1. The summed E-state index contributed by atoms with van der Waals surface area (Å²) in [6, 6.07) is 7.60. The van der Waals surface area contributed by atoms with Crippen molar-refractivity contribution >= 4 is 12.1 Å². The first kappa shape index (κ1) is 12.2. The molecule has 4 nitrogen and oxygen atoms in total. The Bertz CT molecular complexity index is 386. The van der Waals surface area contributed by atoms with Crippen molar-refractivity contribution in [3.8, 4) is 5.75 Å². The van der Waals surface area contributed by atoms with Gasteiger partial charge in [0.05, 0.1) is 12.8 Å². The molecular formula is C12H16N2O2. The number of hydrogen-bond donors (Lipinski definition) is 1. The Morgan fingerprint density at radius 2 is 2.25 bits per heavy atom. The first-order chi connectivity index (χ1) is 7.69. The van der Waals surface area contributed by atoms with E-state index in [2.05, 4.69) is 10.5 Å². The molecule has 4 heteroatoms. The predicted molar refractivity (Wildman–Crippen MR) is 63.6 cm³/mol. The van der Waals surface area contributed by atoms with Crippen LogP contribution in [0, 0.1) is 5.92 Å². The maximum atomic E-state index is 10.2. The van der Waals surface area contributed by atoms with Crippen molar-refractivity contribution in [3.05, 3.63) is 29.8 Å². The third-order valence-electron chi connectivity index (χ3n) is 2.15. The lowest BCUT2D eigenvalue weighted by Gasteiger charge is -2.10. The van der Waals surface area contributed by atoms with Crippen LogP contribution in [0.25, 0.3) is 0 Å². The van der Waals surface area contributed by atoms with E-state index < -0.39 is 0 Å². The second-order valence-corrected chi connectivity index (χ2v) is 3.63. The van der Waals surface area contributed by atoms with E-state index >= 15 is 0 Å². The van der Waals surface area contributed by atoms with E-state index in [0.29, 0.717) is 6.41 Å². The van der Waals surface area contributed by atoms with E-state index in [0.717, 1.165) is 17.0 Å². The molecule has 0 atom stereocenters. The van der Waals surface area contributed by atoms with Crippen LogP contribution < -0.4 is 10.2 Å². The Morgan fingerprint density at radius 3 is 2.81 bits per heavy atom. The van der Waals surface area contributed by atoms with E-state index in [1.165, 1.54) is 0 Å². The molecule has 1 amide bonds. The smallest absolute Gasteiger partial charge is 0.227 e. The molecule has 0 heterocycles. The van der Waals surface area contributed by atoms with Crippen LogP contribution in [0.1, 0.15) is 19.4 Å². The second kappa shape index (κ2) is 5.90. The lowest BCUT2D eigenvalue weighted by atomic mass is 10.00. The van der Waals surface area contributed by atoms with Gasteiger partial charge in [-0.1, -0.05) is 26.0 Å². The molecule has 0 fully saturated rings. The molecular weight excluding hydrogens is 204 g/mol. The highest BCUT2D eigenvalue weighted by molar-refractivity contribution is 6.02. The van der Waals surface area contributed by atoms with Crippen molar-refractivity contribution in [2.45, 2.75) is 13.8 Å². The average molecular weight is 220 g/mol. The molecule has 0 aliphatic rings. The molecule has 1 N–H and O–H groups in total. The summed E-state index contributed by atoms with van der Waals surface area (Å²) in [6.07, 6.45) is 0.558. The van der Waals surface area contributed by atoms with E-state index in [9.17, 15) is 4.79 Å². The zero-order valence-corrected chi connectivity index (χ0v) is 9.73. The summed E-state index contributed by atoms with van der Waals surface area (Å²) in [6.45, 7) is 4.04. The van der Waals surface area contributed by atoms with E-state index in [-0.39, 0.29) is 5.92 Å². The number of ether oxygens (including phenoxy) is 1. The van der Waals surface area contributed by atoms with Crippen molar-refractivity contribution in [2.75, 3.05) is 7.11 Å². The SMILES string of the molecule is COc1cccc(/C(=N/NC=O)C(C)C)c1. The molecule has 0 aromatic heterocycles. The molecule has 0 aliphatic carbocycles. The molecule has 0 saturated heterocycles. The van der Waals surface area contributed by atoms with Crippen molar-refractivity contribution < 1.29 is 9.53 Å². The van der Waals surface area contributed by atoms with Gasteiger partial charge in [0.15, 0.2) is 0 Å². The van der Waals surface area contributed by atoms with Gasteiger partial charge in [-0.25, -0.2) is 5.43 Å². The third-order valence-corrected chi connectivity index (χ3v) is 2.15. The summed E-state index contributed by atoms with van der Waals surface area (Å²) in [5.41, 5.74) is 4.11. The quantitative estimate of drug-likeness (QED) is 0.467. The van der Waals surface area contributed by atoms with Crippen molar-refractivity contribution in [1.29, 1.82) is 0 Å². The fraction of sp³-hybridized carbons (Fsp3) is 0.333. The Balaban J connectivity index is 3.05. The number of carbonyl (C=O) groups excluding carboxylic acids is 1. The number of nitrogens with one attached hydrogen (secondary N) is 1. The minimum absolute atomic E-state index is 0.222. The van der Waals surface area contributed by atoms with Gasteiger partial charge in [-0.3, -0.25) is 4.79 Å². The summed E-state index contributed by atoms with van der Waals surface area (Å²) in [7, 11) is 1.62. The Hall–Kier alpha value is -1.84. The van der Waals surface area contributed by atoms with Gasteiger partial charge in [0.1, 0.15) is 5.75 Å². The van der Waals surface area contributed by atoms with Crippen LogP contribution in [-0.4, -0.2) is 19.2 Å². The van der Waals surface area contributed by atoms with Crippen LogP contribution in [0.2, 0.25) is 0 Å². The van der Waals surface area contributed by atoms with Crippen LogP contribution in [0.4, 0.5) is 0 Å². The van der Waals surface area contributed by atoms with Crippen LogP contribution in [0.3, 0.4) is 0 Å².